The van der Waals surface area contributed by atoms with E-state index in [1.54, 1.807) is 13.8 Å². The summed E-state index contributed by atoms with van der Waals surface area (Å²) < 4.78 is 0. The number of phenols is 1. The van der Waals surface area contributed by atoms with Gasteiger partial charge in [0.25, 0.3) is 5.91 Å². The molecular formula is C32H35NO7. The zero-order chi connectivity index (χ0) is 28.7. The smallest absolute Gasteiger partial charge is 0.255 e. The number of carbonyl (C=O) groups excluding carboxylic acids is 3. The lowest BCUT2D eigenvalue weighted by molar-refractivity contribution is -0.155. The molecule has 6 rings (SSSR count). The van der Waals surface area contributed by atoms with Crippen LogP contribution >= 0.6 is 0 Å². The Morgan fingerprint density at radius 1 is 1.12 bits per heavy atom. The van der Waals surface area contributed by atoms with Gasteiger partial charge in [-0.05, 0) is 72.6 Å². The summed E-state index contributed by atoms with van der Waals surface area (Å²) in [7, 11) is 0. The van der Waals surface area contributed by atoms with Crippen LogP contribution < -0.4 is 5.73 Å². The summed E-state index contributed by atoms with van der Waals surface area (Å²) in [5, 5.41) is 45.0. The van der Waals surface area contributed by atoms with Crippen LogP contribution in [-0.2, 0) is 20.8 Å². The number of allylic oxidation sites excluding steroid dienone is 4. The van der Waals surface area contributed by atoms with Crippen LogP contribution in [0.15, 0.2) is 46.8 Å². The maximum atomic E-state index is 14.0. The highest BCUT2D eigenvalue weighted by Gasteiger charge is 2.64. The van der Waals surface area contributed by atoms with E-state index in [0.29, 0.717) is 12.0 Å². The van der Waals surface area contributed by atoms with Crippen molar-refractivity contribution in [3.8, 4) is 5.75 Å². The number of aliphatic hydroxyl groups is 3. The molecule has 0 unspecified atom stereocenters. The lowest BCUT2D eigenvalue weighted by Crippen LogP contribution is -2.62. The summed E-state index contributed by atoms with van der Waals surface area (Å²) in [5.74, 6) is -6.61. The van der Waals surface area contributed by atoms with Crippen LogP contribution in [0.2, 0.25) is 0 Å². The fourth-order valence-corrected chi connectivity index (χ4v) is 7.52. The Kier molecular flexibility index (Phi) is 6.11. The molecule has 1 aromatic carbocycles. The van der Waals surface area contributed by atoms with Gasteiger partial charge >= 0.3 is 0 Å². The summed E-state index contributed by atoms with van der Waals surface area (Å²) >= 11 is 0. The first-order valence-electron chi connectivity index (χ1n) is 14.2. The van der Waals surface area contributed by atoms with E-state index < -0.39 is 57.9 Å². The third-order valence-electron chi connectivity index (χ3n) is 9.71. The van der Waals surface area contributed by atoms with E-state index in [1.165, 1.54) is 30.9 Å². The average Bonchev–Trinajstić information content (AvgIpc) is 3.60. The lowest BCUT2D eigenvalue weighted by Gasteiger charge is -2.50. The molecule has 210 valence electrons. The third-order valence-corrected chi connectivity index (χ3v) is 9.71. The molecule has 0 aromatic heterocycles. The van der Waals surface area contributed by atoms with Crippen LogP contribution in [0.1, 0.15) is 69.1 Å². The van der Waals surface area contributed by atoms with Gasteiger partial charge in [0.15, 0.2) is 11.4 Å². The molecule has 2 fully saturated rings. The summed E-state index contributed by atoms with van der Waals surface area (Å²) in [6, 6.07) is 3.33. The van der Waals surface area contributed by atoms with Gasteiger partial charge in [0, 0.05) is 17.4 Å². The average molecular weight is 546 g/mol. The predicted octanol–water partition coefficient (Wildman–Crippen LogP) is 4.21. The van der Waals surface area contributed by atoms with Crippen molar-refractivity contribution in [2.75, 3.05) is 0 Å². The van der Waals surface area contributed by atoms with Crippen molar-refractivity contribution in [2.24, 2.45) is 35.3 Å². The van der Waals surface area contributed by atoms with Crippen molar-refractivity contribution in [2.45, 2.75) is 64.4 Å². The van der Waals surface area contributed by atoms with Crippen LogP contribution in [0.3, 0.4) is 0 Å². The van der Waals surface area contributed by atoms with Crippen LogP contribution in [0.4, 0.5) is 0 Å². The standard InChI is InChI=1S/C32H35NO7/c1-14(2)23-21-13-18-12-20-19(17-8-7-16(11-17)6-5-15-3-4-15)9-10-22(34)25(20)28(36)24(18)29(37)32(21,40)30(38)26(27(23)35)31(33)39/h7-10,14-15,18,21,23,34,36,38,40H,3-6,11-13H2,1-2H3,(H2,33,39)/t18-,21-,23-,32-/m0/s1. The number of fused-ring (bicyclic) bond motifs is 3. The number of amides is 1. The zero-order valence-electron chi connectivity index (χ0n) is 22.7. The number of aromatic hydroxyl groups is 1. The number of benzene rings is 1. The van der Waals surface area contributed by atoms with Crippen molar-refractivity contribution in [3.05, 3.63) is 63.5 Å². The second-order valence-electron chi connectivity index (χ2n) is 12.5. The van der Waals surface area contributed by atoms with Crippen molar-refractivity contribution >= 4 is 28.8 Å². The number of ketones is 2. The number of aliphatic hydroxyl groups excluding tert-OH is 2. The molecule has 40 heavy (non-hydrogen) atoms. The molecule has 0 saturated heterocycles. The van der Waals surface area contributed by atoms with E-state index in [4.69, 9.17) is 5.73 Å². The molecule has 4 atom stereocenters. The van der Waals surface area contributed by atoms with Gasteiger partial charge in [0.2, 0.25) is 5.78 Å². The van der Waals surface area contributed by atoms with Crippen LogP contribution in [-0.4, -0.2) is 43.5 Å². The lowest BCUT2D eigenvalue weighted by atomic mass is 9.54. The normalized spacial score (nSPS) is 29.8. The highest BCUT2D eigenvalue weighted by molar-refractivity contribution is 6.23. The quantitative estimate of drug-likeness (QED) is 0.335. The topological polar surface area (TPSA) is 158 Å². The van der Waals surface area contributed by atoms with E-state index in [2.05, 4.69) is 12.2 Å². The van der Waals surface area contributed by atoms with Gasteiger partial charge in [0.05, 0.1) is 5.56 Å². The third kappa shape index (κ3) is 3.79. The number of phenolic OH excluding ortho intramolecular Hbond substituents is 1. The first-order valence-corrected chi connectivity index (χ1v) is 14.2. The largest absolute Gasteiger partial charge is 0.508 e. The van der Waals surface area contributed by atoms with Crippen molar-refractivity contribution in [1.82, 2.24) is 0 Å². The number of hydrogen-bond donors (Lipinski definition) is 5. The number of rotatable bonds is 6. The summed E-state index contributed by atoms with van der Waals surface area (Å²) in [6.07, 6.45) is 10.3. The van der Waals surface area contributed by atoms with E-state index in [1.807, 2.05) is 6.07 Å². The van der Waals surface area contributed by atoms with Gasteiger partial charge in [-0.15, -0.1) is 0 Å². The van der Waals surface area contributed by atoms with E-state index in [0.717, 1.165) is 29.9 Å². The van der Waals surface area contributed by atoms with Gasteiger partial charge in [-0.1, -0.05) is 50.5 Å². The highest BCUT2D eigenvalue weighted by atomic mass is 16.3. The SMILES string of the molecule is CC(C)[C@@H]1C(=O)C(C(N)=O)=C(O)[C@@]2(O)C(=O)C3=C(O)c4c(O)ccc(C5=CC=C(CCC6CC6)C5)c4C[C@H]3C[C@@H]12. The molecule has 0 aliphatic heterocycles. The molecular weight excluding hydrogens is 510 g/mol. The Morgan fingerprint density at radius 2 is 1.85 bits per heavy atom. The van der Waals surface area contributed by atoms with Crippen molar-refractivity contribution in [1.29, 1.82) is 0 Å². The molecule has 1 aromatic rings. The summed E-state index contributed by atoms with van der Waals surface area (Å²) in [6.45, 7) is 3.51. The minimum Gasteiger partial charge on any atom is -0.508 e. The maximum absolute atomic E-state index is 14.0. The molecule has 0 bridgehead atoms. The van der Waals surface area contributed by atoms with Gasteiger partial charge in [-0.2, -0.15) is 0 Å². The Bertz CT molecular complexity index is 1490. The molecule has 8 heteroatoms. The van der Waals surface area contributed by atoms with Crippen molar-refractivity contribution < 1.29 is 34.8 Å². The Morgan fingerprint density at radius 3 is 2.50 bits per heavy atom. The molecule has 0 heterocycles. The Balaban J connectivity index is 1.43. The van der Waals surface area contributed by atoms with Crippen LogP contribution in [0.5, 0.6) is 5.75 Å². The first-order chi connectivity index (χ1) is 18.9. The second-order valence-corrected chi connectivity index (χ2v) is 12.5. The number of primary amides is 1. The summed E-state index contributed by atoms with van der Waals surface area (Å²) in [4.78, 5) is 39.4. The monoisotopic (exact) mass is 545 g/mol. The maximum Gasteiger partial charge on any atom is 0.255 e. The molecule has 0 spiro atoms. The van der Waals surface area contributed by atoms with E-state index >= 15 is 0 Å². The molecule has 2 saturated carbocycles. The number of hydrogen-bond acceptors (Lipinski definition) is 7. The van der Waals surface area contributed by atoms with Gasteiger partial charge in [0.1, 0.15) is 22.8 Å². The number of carbonyl (C=O) groups is 3. The van der Waals surface area contributed by atoms with Crippen LogP contribution in [0.25, 0.3) is 11.3 Å². The Hall–Kier alpha value is -3.65. The molecule has 6 N–H and O–H groups in total. The van der Waals surface area contributed by atoms with Crippen LogP contribution in [0, 0.1) is 29.6 Å². The van der Waals surface area contributed by atoms with Crippen molar-refractivity contribution in [3.63, 3.8) is 0 Å². The fraction of sp³-hybridized carbons (Fsp3) is 0.469. The minimum atomic E-state index is -2.59. The number of Topliss-reactive ketones (excluding diaryl/α,β-unsaturated/α-hetero) is 2. The zero-order valence-corrected chi connectivity index (χ0v) is 22.7. The van der Waals surface area contributed by atoms with Gasteiger partial charge in [-0.25, -0.2) is 0 Å². The number of nitrogens with two attached hydrogens (primary N) is 1. The fourth-order valence-electron chi connectivity index (χ4n) is 7.52. The molecule has 1 amide bonds. The predicted molar refractivity (Wildman–Crippen MR) is 148 cm³/mol. The summed E-state index contributed by atoms with van der Waals surface area (Å²) in [5.41, 5.74) is 6.09. The molecule has 8 nitrogen and oxygen atoms in total. The highest BCUT2D eigenvalue weighted by Crippen LogP contribution is 2.55. The molecule has 5 aliphatic rings. The molecule has 0 radical (unpaired) electrons. The van der Waals surface area contributed by atoms with Gasteiger partial charge in [-0.3, -0.25) is 14.4 Å². The van der Waals surface area contributed by atoms with E-state index in [-0.39, 0.29) is 29.2 Å². The first kappa shape index (κ1) is 26.6. The minimum absolute atomic E-state index is 0.116. The Labute approximate surface area is 232 Å². The van der Waals surface area contributed by atoms with Gasteiger partial charge < -0.3 is 26.2 Å². The molecule has 5 aliphatic carbocycles. The second kappa shape index (κ2) is 9.20. The van der Waals surface area contributed by atoms with E-state index in [9.17, 15) is 34.8 Å².